The summed E-state index contributed by atoms with van der Waals surface area (Å²) in [4.78, 5) is 17.0. The molecule has 0 saturated carbocycles. The Kier molecular flexibility index (Phi) is 6.99. The van der Waals surface area contributed by atoms with Crippen LogP contribution in [0.2, 0.25) is 0 Å². The maximum atomic E-state index is 13.6. The van der Waals surface area contributed by atoms with Gasteiger partial charge in [0.15, 0.2) is 6.23 Å². The number of hydrogen-bond acceptors (Lipinski definition) is 7. The number of halogens is 3. The summed E-state index contributed by atoms with van der Waals surface area (Å²) in [7, 11) is 0. The van der Waals surface area contributed by atoms with Crippen molar-refractivity contribution in [3.8, 4) is 16.9 Å². The summed E-state index contributed by atoms with van der Waals surface area (Å²) in [6, 6.07) is 14.2. The lowest BCUT2D eigenvalue weighted by molar-refractivity contribution is -0.137. The SMILES string of the molecule is Cc1cn(-c2cc(NC(O)c3ccc(C)c(Nc4nccc(-c5cccnc5)n4)c3)cc(C(F)(F)F)c2)cn1. The van der Waals surface area contributed by atoms with Crippen LogP contribution in [0.5, 0.6) is 0 Å². The number of anilines is 3. The zero-order valence-electron chi connectivity index (χ0n) is 21.0. The average molecular weight is 532 g/mol. The van der Waals surface area contributed by atoms with Crippen molar-refractivity contribution in [1.82, 2.24) is 24.5 Å². The third kappa shape index (κ3) is 6.04. The number of nitrogens with zero attached hydrogens (tertiary/aromatic N) is 5. The number of nitrogens with one attached hydrogen (secondary N) is 2. The first-order valence-electron chi connectivity index (χ1n) is 11.9. The zero-order valence-corrected chi connectivity index (χ0v) is 21.0. The van der Waals surface area contributed by atoms with Gasteiger partial charge < -0.3 is 20.3 Å². The van der Waals surface area contributed by atoms with E-state index in [0.29, 0.717) is 28.6 Å². The Morgan fingerprint density at radius 1 is 0.974 bits per heavy atom. The lowest BCUT2D eigenvalue weighted by atomic mass is 10.1. The van der Waals surface area contributed by atoms with Crippen LogP contribution in [0, 0.1) is 13.8 Å². The molecular formula is C28H24F3N7O. The van der Waals surface area contributed by atoms with Gasteiger partial charge in [-0.3, -0.25) is 4.98 Å². The highest BCUT2D eigenvalue weighted by molar-refractivity contribution is 5.64. The number of benzene rings is 2. The average Bonchev–Trinajstić information content (AvgIpc) is 3.36. The van der Waals surface area contributed by atoms with Crippen molar-refractivity contribution in [2.75, 3.05) is 10.6 Å². The van der Waals surface area contributed by atoms with Crippen LogP contribution in [-0.4, -0.2) is 29.6 Å². The van der Waals surface area contributed by atoms with E-state index in [4.69, 9.17) is 0 Å². The van der Waals surface area contributed by atoms with Crippen LogP contribution in [0.1, 0.15) is 28.6 Å². The minimum Gasteiger partial charge on any atom is -0.369 e. The van der Waals surface area contributed by atoms with Crippen molar-refractivity contribution in [1.29, 1.82) is 0 Å². The van der Waals surface area contributed by atoms with Gasteiger partial charge in [0.05, 0.1) is 23.3 Å². The maximum absolute atomic E-state index is 13.6. The molecule has 3 aromatic heterocycles. The van der Waals surface area contributed by atoms with Crippen molar-refractivity contribution in [3.05, 3.63) is 108 Å². The number of rotatable bonds is 7. The van der Waals surface area contributed by atoms with E-state index < -0.39 is 18.0 Å². The van der Waals surface area contributed by atoms with Gasteiger partial charge in [-0.15, -0.1) is 0 Å². The third-order valence-corrected chi connectivity index (χ3v) is 6.00. The van der Waals surface area contributed by atoms with Gasteiger partial charge in [0.1, 0.15) is 0 Å². The predicted octanol–water partition coefficient (Wildman–Crippen LogP) is 6.21. The Bertz CT molecular complexity index is 1600. The molecule has 5 aromatic rings. The number of alkyl halides is 3. The number of aryl methyl sites for hydroxylation is 2. The molecule has 198 valence electrons. The summed E-state index contributed by atoms with van der Waals surface area (Å²) in [5, 5.41) is 16.9. The molecule has 39 heavy (non-hydrogen) atoms. The number of aliphatic hydroxyl groups excluding tert-OH is 1. The highest BCUT2D eigenvalue weighted by Gasteiger charge is 2.31. The van der Waals surface area contributed by atoms with Crippen LogP contribution in [0.15, 0.2) is 85.7 Å². The van der Waals surface area contributed by atoms with Crippen molar-refractivity contribution in [2.24, 2.45) is 0 Å². The van der Waals surface area contributed by atoms with Gasteiger partial charge in [-0.1, -0.05) is 12.1 Å². The van der Waals surface area contributed by atoms with E-state index in [1.54, 1.807) is 56.0 Å². The smallest absolute Gasteiger partial charge is 0.369 e. The molecule has 2 aromatic carbocycles. The summed E-state index contributed by atoms with van der Waals surface area (Å²) in [6.07, 6.45) is 2.20. The molecule has 0 bridgehead atoms. The van der Waals surface area contributed by atoms with Gasteiger partial charge >= 0.3 is 6.18 Å². The van der Waals surface area contributed by atoms with Crippen LogP contribution >= 0.6 is 0 Å². The van der Waals surface area contributed by atoms with Gasteiger partial charge in [0.2, 0.25) is 5.95 Å². The molecule has 0 fully saturated rings. The summed E-state index contributed by atoms with van der Waals surface area (Å²) in [5.74, 6) is 0.345. The maximum Gasteiger partial charge on any atom is 0.416 e. The highest BCUT2D eigenvalue weighted by atomic mass is 19.4. The molecular weight excluding hydrogens is 507 g/mol. The topological polar surface area (TPSA) is 101 Å². The minimum atomic E-state index is -4.57. The first-order valence-corrected chi connectivity index (χ1v) is 11.9. The van der Waals surface area contributed by atoms with E-state index in [9.17, 15) is 18.3 Å². The number of aliphatic hydroxyl groups is 1. The van der Waals surface area contributed by atoms with E-state index in [2.05, 4.69) is 30.6 Å². The Labute approximate surface area is 222 Å². The minimum absolute atomic E-state index is 0.0984. The van der Waals surface area contributed by atoms with Crippen molar-refractivity contribution < 1.29 is 18.3 Å². The second-order valence-corrected chi connectivity index (χ2v) is 8.94. The molecule has 8 nitrogen and oxygen atoms in total. The van der Waals surface area contributed by atoms with Gasteiger partial charge in [-0.05, 0) is 61.9 Å². The number of pyridine rings is 1. The third-order valence-electron chi connectivity index (χ3n) is 6.00. The molecule has 3 heterocycles. The van der Waals surface area contributed by atoms with Gasteiger partial charge in [-0.25, -0.2) is 15.0 Å². The summed E-state index contributed by atoms with van der Waals surface area (Å²) in [6.45, 7) is 3.62. The summed E-state index contributed by atoms with van der Waals surface area (Å²) < 4.78 is 42.4. The van der Waals surface area contributed by atoms with Crippen LogP contribution in [-0.2, 0) is 6.18 Å². The molecule has 3 N–H and O–H groups in total. The van der Waals surface area contributed by atoms with Crippen LogP contribution in [0.25, 0.3) is 16.9 Å². The largest absolute Gasteiger partial charge is 0.416 e. The number of imidazole rings is 1. The van der Waals surface area contributed by atoms with Crippen LogP contribution < -0.4 is 10.6 Å². The summed E-state index contributed by atoms with van der Waals surface area (Å²) >= 11 is 0. The second kappa shape index (κ2) is 10.5. The van der Waals surface area contributed by atoms with E-state index in [1.807, 2.05) is 19.1 Å². The Morgan fingerprint density at radius 3 is 2.54 bits per heavy atom. The fraction of sp³-hybridized carbons (Fsp3) is 0.143. The van der Waals surface area contributed by atoms with E-state index in [-0.39, 0.29) is 11.4 Å². The number of hydrogen-bond donors (Lipinski definition) is 3. The first-order chi connectivity index (χ1) is 18.7. The highest BCUT2D eigenvalue weighted by Crippen LogP contribution is 2.34. The zero-order chi connectivity index (χ0) is 27.6. The first kappa shape index (κ1) is 25.9. The quantitative estimate of drug-likeness (QED) is 0.215. The fourth-order valence-electron chi connectivity index (χ4n) is 3.97. The fourth-order valence-corrected chi connectivity index (χ4v) is 3.97. The Morgan fingerprint density at radius 2 is 1.82 bits per heavy atom. The normalized spacial score (nSPS) is 12.3. The van der Waals surface area contributed by atoms with E-state index in [0.717, 1.165) is 23.3 Å². The molecule has 0 aliphatic heterocycles. The molecule has 0 saturated heterocycles. The molecule has 11 heteroatoms. The van der Waals surface area contributed by atoms with Gasteiger partial charge in [0.25, 0.3) is 0 Å². The predicted molar refractivity (Wildman–Crippen MR) is 142 cm³/mol. The van der Waals surface area contributed by atoms with E-state index >= 15 is 0 Å². The molecule has 1 atom stereocenters. The van der Waals surface area contributed by atoms with Gasteiger partial charge in [-0.2, -0.15) is 13.2 Å². The Balaban J connectivity index is 1.40. The van der Waals surface area contributed by atoms with Crippen molar-refractivity contribution in [3.63, 3.8) is 0 Å². The molecule has 5 rings (SSSR count). The molecule has 0 amide bonds. The standard InChI is InChI=1S/C28H24F3N7O/c1-17-5-6-19(10-25(17)37-27-33-9-7-24(36-27)20-4-3-8-32-14-20)26(39)35-22-11-21(28(29,30)31)12-23(13-22)38-15-18(2)34-16-38/h3-16,26,35,39H,1-2H3,(H,33,36,37). The van der Waals surface area contributed by atoms with Crippen LogP contribution in [0.3, 0.4) is 0 Å². The molecule has 0 spiro atoms. The molecule has 0 aliphatic rings. The molecule has 0 aliphatic carbocycles. The van der Waals surface area contributed by atoms with E-state index in [1.165, 1.54) is 17.0 Å². The second-order valence-electron chi connectivity index (χ2n) is 8.94. The van der Waals surface area contributed by atoms with Gasteiger partial charge in [0, 0.05) is 53.0 Å². The summed E-state index contributed by atoms with van der Waals surface area (Å²) in [5.41, 5.74) is 3.62. The molecule has 0 radical (unpaired) electrons. The van der Waals surface area contributed by atoms with Crippen LogP contribution in [0.4, 0.5) is 30.5 Å². The monoisotopic (exact) mass is 531 g/mol. The lowest BCUT2D eigenvalue weighted by Gasteiger charge is -2.19. The van der Waals surface area contributed by atoms with Crippen molar-refractivity contribution in [2.45, 2.75) is 26.3 Å². The number of aromatic nitrogens is 5. The molecule has 1 unspecified atom stereocenters. The lowest BCUT2D eigenvalue weighted by Crippen LogP contribution is -2.13. The Hall–Kier alpha value is -4.77. The van der Waals surface area contributed by atoms with Crippen molar-refractivity contribution >= 4 is 17.3 Å².